The maximum atomic E-state index is 11.9. The van der Waals surface area contributed by atoms with Crippen molar-refractivity contribution in [2.45, 2.75) is 6.92 Å². The van der Waals surface area contributed by atoms with Gasteiger partial charge in [0.2, 0.25) is 0 Å². The Bertz CT molecular complexity index is 612. The topological polar surface area (TPSA) is 29.1 Å². The van der Waals surface area contributed by atoms with Gasteiger partial charge >= 0.3 is 0 Å². The van der Waals surface area contributed by atoms with Gasteiger partial charge in [-0.05, 0) is 36.3 Å². The number of para-hydroxylation sites is 1. The zero-order valence-electron chi connectivity index (χ0n) is 11.4. The normalized spacial score (nSPS) is 11.6. The number of benzene rings is 2. The van der Waals surface area contributed by atoms with Gasteiger partial charge in [-0.3, -0.25) is 4.79 Å². The number of anilines is 1. The van der Waals surface area contributed by atoms with Crippen LogP contribution < -0.4 is 5.32 Å². The predicted octanol–water partition coefficient (Wildman–Crippen LogP) is 4.28. The van der Waals surface area contributed by atoms with Crippen LogP contribution in [0.1, 0.15) is 12.5 Å². The van der Waals surface area contributed by atoms with Gasteiger partial charge in [0.1, 0.15) is 0 Å². The Morgan fingerprint density at radius 2 is 1.55 bits per heavy atom. The van der Waals surface area contributed by atoms with Crippen LogP contribution in [0.25, 0.3) is 6.08 Å². The molecule has 2 aromatic rings. The monoisotopic (exact) mass is 263 g/mol. The molecule has 2 rings (SSSR count). The van der Waals surface area contributed by atoms with Crippen LogP contribution in [0.2, 0.25) is 0 Å². The Hall–Kier alpha value is -2.61. The standard InChI is InChI=1S/C18H17NO/c1-15(14-16-8-4-2-5-9-16)18(20)12-13-19-17-10-6-3-7-11-17/h2-14,19H,1H3/b13-12+,15-14+. The number of ketones is 1. The number of hydrogen-bond acceptors (Lipinski definition) is 2. The summed E-state index contributed by atoms with van der Waals surface area (Å²) in [5.41, 5.74) is 2.70. The second-order valence-electron chi connectivity index (χ2n) is 4.45. The highest BCUT2D eigenvalue weighted by molar-refractivity contribution is 6.06. The number of carbonyl (C=O) groups excluding carboxylic acids is 1. The van der Waals surface area contributed by atoms with Crippen molar-refractivity contribution in [3.8, 4) is 0 Å². The van der Waals surface area contributed by atoms with E-state index in [1.807, 2.05) is 73.7 Å². The highest BCUT2D eigenvalue weighted by Gasteiger charge is 1.99. The minimum atomic E-state index is -0.00251. The smallest absolute Gasteiger partial charge is 0.182 e. The Morgan fingerprint density at radius 3 is 2.20 bits per heavy atom. The van der Waals surface area contributed by atoms with Crippen LogP contribution in [0.5, 0.6) is 0 Å². The Morgan fingerprint density at radius 1 is 0.950 bits per heavy atom. The highest BCUT2D eigenvalue weighted by Crippen LogP contribution is 2.08. The molecule has 0 aliphatic rings. The van der Waals surface area contributed by atoms with Crippen molar-refractivity contribution in [3.63, 3.8) is 0 Å². The van der Waals surface area contributed by atoms with Gasteiger partial charge in [-0.2, -0.15) is 0 Å². The van der Waals surface area contributed by atoms with Crippen LogP contribution in [0.4, 0.5) is 5.69 Å². The summed E-state index contributed by atoms with van der Waals surface area (Å²) >= 11 is 0. The first-order valence-corrected chi connectivity index (χ1v) is 6.51. The van der Waals surface area contributed by atoms with Gasteiger partial charge in [0.15, 0.2) is 5.78 Å². The summed E-state index contributed by atoms with van der Waals surface area (Å²) in [5, 5.41) is 3.07. The summed E-state index contributed by atoms with van der Waals surface area (Å²) in [6.45, 7) is 1.82. The summed E-state index contributed by atoms with van der Waals surface area (Å²) in [4.78, 5) is 11.9. The zero-order chi connectivity index (χ0) is 14.2. The van der Waals surface area contributed by atoms with E-state index in [0.717, 1.165) is 11.3 Å². The molecule has 2 nitrogen and oxygen atoms in total. The molecule has 2 aromatic carbocycles. The van der Waals surface area contributed by atoms with E-state index in [1.54, 1.807) is 12.3 Å². The van der Waals surface area contributed by atoms with Gasteiger partial charge in [-0.25, -0.2) is 0 Å². The average Bonchev–Trinajstić information content (AvgIpc) is 2.49. The van der Waals surface area contributed by atoms with Gasteiger partial charge in [0, 0.05) is 18.0 Å². The quantitative estimate of drug-likeness (QED) is 0.815. The van der Waals surface area contributed by atoms with E-state index in [2.05, 4.69) is 5.32 Å². The first-order valence-electron chi connectivity index (χ1n) is 6.51. The first-order chi connectivity index (χ1) is 9.75. The molecule has 0 saturated heterocycles. The SMILES string of the molecule is C/C(=C\c1ccccc1)C(=O)/C=C/Nc1ccccc1. The summed E-state index contributed by atoms with van der Waals surface area (Å²) < 4.78 is 0. The molecule has 0 atom stereocenters. The van der Waals surface area contributed by atoms with E-state index >= 15 is 0 Å². The number of allylic oxidation sites excluding steroid dienone is 2. The van der Waals surface area contributed by atoms with Crippen molar-refractivity contribution in [1.29, 1.82) is 0 Å². The predicted molar refractivity (Wildman–Crippen MR) is 84.3 cm³/mol. The van der Waals surface area contributed by atoms with Crippen molar-refractivity contribution in [2.75, 3.05) is 5.32 Å². The van der Waals surface area contributed by atoms with Crippen LogP contribution in [0.15, 0.2) is 78.5 Å². The molecule has 0 saturated carbocycles. The first kappa shape index (κ1) is 13.8. The molecule has 0 spiro atoms. The van der Waals surface area contributed by atoms with Crippen molar-refractivity contribution in [2.24, 2.45) is 0 Å². The molecule has 100 valence electrons. The molecule has 1 N–H and O–H groups in total. The molecule has 0 aliphatic carbocycles. The number of nitrogens with one attached hydrogen (secondary N) is 1. The second kappa shape index (κ2) is 7.10. The van der Waals surface area contributed by atoms with Gasteiger partial charge in [0.05, 0.1) is 0 Å². The molecule has 0 heterocycles. The lowest BCUT2D eigenvalue weighted by molar-refractivity contribution is -0.111. The van der Waals surface area contributed by atoms with Gasteiger partial charge in [-0.15, -0.1) is 0 Å². The van der Waals surface area contributed by atoms with Crippen molar-refractivity contribution >= 4 is 17.5 Å². The van der Waals surface area contributed by atoms with Crippen LogP contribution >= 0.6 is 0 Å². The summed E-state index contributed by atoms with van der Waals surface area (Å²) in [6, 6.07) is 19.5. The average molecular weight is 263 g/mol. The van der Waals surface area contributed by atoms with Gasteiger partial charge in [-0.1, -0.05) is 48.5 Å². The van der Waals surface area contributed by atoms with Crippen molar-refractivity contribution in [3.05, 3.63) is 84.1 Å². The Labute approximate surface area is 119 Å². The molecule has 20 heavy (non-hydrogen) atoms. The largest absolute Gasteiger partial charge is 0.362 e. The van der Waals surface area contributed by atoms with E-state index in [0.29, 0.717) is 5.57 Å². The van der Waals surface area contributed by atoms with E-state index in [1.165, 1.54) is 0 Å². The maximum absolute atomic E-state index is 11.9. The number of carbonyl (C=O) groups is 1. The Kier molecular flexibility index (Phi) is 4.90. The molecule has 0 fully saturated rings. The van der Waals surface area contributed by atoms with Crippen LogP contribution in [0.3, 0.4) is 0 Å². The molecular weight excluding hydrogens is 246 g/mol. The molecule has 0 radical (unpaired) electrons. The van der Waals surface area contributed by atoms with Crippen molar-refractivity contribution < 1.29 is 4.79 Å². The minimum absolute atomic E-state index is 0.00251. The van der Waals surface area contributed by atoms with Crippen LogP contribution in [0, 0.1) is 0 Å². The molecule has 0 amide bonds. The van der Waals surface area contributed by atoms with E-state index in [-0.39, 0.29) is 5.78 Å². The summed E-state index contributed by atoms with van der Waals surface area (Å²) in [5.74, 6) is -0.00251. The van der Waals surface area contributed by atoms with E-state index in [4.69, 9.17) is 0 Å². The summed E-state index contributed by atoms with van der Waals surface area (Å²) in [7, 11) is 0. The molecule has 2 heteroatoms. The maximum Gasteiger partial charge on any atom is 0.182 e. The van der Waals surface area contributed by atoms with Crippen molar-refractivity contribution in [1.82, 2.24) is 0 Å². The summed E-state index contributed by atoms with van der Waals surface area (Å²) in [6.07, 6.45) is 5.09. The van der Waals surface area contributed by atoms with Gasteiger partial charge in [0.25, 0.3) is 0 Å². The molecular formula is C18H17NO. The van der Waals surface area contributed by atoms with Gasteiger partial charge < -0.3 is 5.32 Å². The minimum Gasteiger partial charge on any atom is -0.362 e. The van der Waals surface area contributed by atoms with E-state index in [9.17, 15) is 4.79 Å². The molecule has 0 bridgehead atoms. The molecule has 0 unspecified atom stereocenters. The lowest BCUT2D eigenvalue weighted by Gasteiger charge is -1.99. The fraction of sp³-hybridized carbons (Fsp3) is 0.0556. The second-order valence-corrected chi connectivity index (χ2v) is 4.45. The third-order valence-electron chi connectivity index (χ3n) is 2.83. The lowest BCUT2D eigenvalue weighted by Crippen LogP contribution is -1.96. The Balaban J connectivity index is 1.96. The lowest BCUT2D eigenvalue weighted by atomic mass is 10.1. The number of hydrogen-bond donors (Lipinski definition) is 1. The third kappa shape index (κ3) is 4.25. The zero-order valence-corrected chi connectivity index (χ0v) is 11.4. The fourth-order valence-electron chi connectivity index (χ4n) is 1.75. The number of rotatable bonds is 5. The third-order valence-corrected chi connectivity index (χ3v) is 2.83. The van der Waals surface area contributed by atoms with Crippen LogP contribution in [-0.2, 0) is 4.79 Å². The fourth-order valence-corrected chi connectivity index (χ4v) is 1.75. The van der Waals surface area contributed by atoms with E-state index < -0.39 is 0 Å². The molecule has 0 aromatic heterocycles. The van der Waals surface area contributed by atoms with Crippen LogP contribution in [-0.4, -0.2) is 5.78 Å². The molecule has 0 aliphatic heterocycles. The highest BCUT2D eigenvalue weighted by atomic mass is 16.1.